The smallest absolute Gasteiger partial charge is 0.341 e. The number of thioether (sulfide) groups is 1. The number of aliphatic carboxylic acids is 1. The molecule has 0 spiro atoms. The molecule has 4 aliphatic rings. The average Bonchev–Trinajstić information content (AvgIpc) is 1.02. The van der Waals surface area contributed by atoms with Gasteiger partial charge in [-0.3, -0.25) is 33.6 Å². The largest absolute Gasteiger partial charge is 0.481 e. The molecule has 0 aliphatic carbocycles. The van der Waals surface area contributed by atoms with Gasteiger partial charge in [-0.15, -0.1) is 0 Å². The van der Waals surface area contributed by atoms with Crippen molar-refractivity contribution in [1.82, 2.24) is 30.9 Å². The van der Waals surface area contributed by atoms with E-state index in [1.54, 1.807) is 49.1 Å². The molecule has 0 bridgehead atoms. The molecule has 0 aromatic heterocycles. The lowest BCUT2D eigenvalue weighted by atomic mass is 9.88. The van der Waals surface area contributed by atoms with Gasteiger partial charge in [0.2, 0.25) is 27.7 Å². The molecule has 2 aromatic carbocycles. The lowest BCUT2D eigenvalue weighted by molar-refractivity contribution is -0.144. The fourth-order valence-electron chi connectivity index (χ4n) is 11.6. The van der Waals surface area contributed by atoms with Crippen molar-refractivity contribution in [3.63, 3.8) is 0 Å². The molecule has 6 atom stereocenters. The van der Waals surface area contributed by atoms with E-state index in [1.807, 2.05) is 25.6 Å². The molecule has 90 heavy (non-hydrogen) atoms. The van der Waals surface area contributed by atoms with Gasteiger partial charge in [-0.25, -0.2) is 22.7 Å². The highest BCUT2D eigenvalue weighted by atomic mass is 32.2. The first-order chi connectivity index (χ1) is 43.2. The number of sulfonamides is 1. The van der Waals surface area contributed by atoms with Crippen LogP contribution in [-0.2, 0) is 78.6 Å². The molecule has 6 rings (SSSR count). The zero-order valence-corrected chi connectivity index (χ0v) is 54.3. The Morgan fingerprint density at radius 2 is 1.37 bits per heavy atom. The maximum atomic E-state index is 14.5. The van der Waals surface area contributed by atoms with E-state index in [1.165, 1.54) is 0 Å². The highest BCUT2D eigenvalue weighted by Gasteiger charge is 2.43. The summed E-state index contributed by atoms with van der Waals surface area (Å²) in [4.78, 5) is 121. The van der Waals surface area contributed by atoms with E-state index < -0.39 is 52.0 Å². The van der Waals surface area contributed by atoms with Crippen molar-refractivity contribution < 1.29 is 80.5 Å². The molecular formula is C64H93N7O17S2. The first kappa shape index (κ1) is 72.9. The second-order valence-electron chi connectivity index (χ2n) is 23.8. The molecule has 26 heteroatoms. The van der Waals surface area contributed by atoms with Crippen molar-refractivity contribution in [3.8, 4) is 0 Å². The first-order valence-electron chi connectivity index (χ1n) is 31.8. The molecule has 4 aliphatic heterocycles. The number of ketones is 3. The number of unbranched alkanes of at least 4 members (excludes halogenated alkanes) is 3. The lowest BCUT2D eigenvalue weighted by Crippen LogP contribution is -2.46. The second kappa shape index (κ2) is 38.0. The van der Waals surface area contributed by atoms with Crippen LogP contribution in [-0.4, -0.2) is 185 Å². The molecule has 6 N–H and O–H groups in total. The third-order valence-electron chi connectivity index (χ3n) is 16.7. The number of amides is 5. The zero-order valence-electron chi connectivity index (χ0n) is 52.7. The molecule has 0 saturated carbocycles. The lowest BCUT2D eigenvalue weighted by Gasteiger charge is -2.31. The van der Waals surface area contributed by atoms with Crippen LogP contribution in [0.1, 0.15) is 149 Å². The summed E-state index contributed by atoms with van der Waals surface area (Å²) >= 11 is 1.85. The number of carbonyl (C=O) groups is 9. The van der Waals surface area contributed by atoms with Crippen molar-refractivity contribution in [2.45, 2.75) is 178 Å². The minimum atomic E-state index is -4.35. The van der Waals surface area contributed by atoms with E-state index in [4.69, 9.17) is 23.8 Å². The number of hydrogen-bond donors (Lipinski definition) is 6. The van der Waals surface area contributed by atoms with Gasteiger partial charge in [-0.2, -0.15) is 11.8 Å². The van der Waals surface area contributed by atoms with Crippen LogP contribution < -0.4 is 26.0 Å². The van der Waals surface area contributed by atoms with Crippen LogP contribution in [0.15, 0.2) is 40.4 Å². The van der Waals surface area contributed by atoms with Gasteiger partial charge in [0.15, 0.2) is 11.6 Å². The molecule has 4 heterocycles. The van der Waals surface area contributed by atoms with E-state index in [9.17, 15) is 56.7 Å². The monoisotopic (exact) mass is 1300 g/mol. The molecule has 498 valence electrons. The third kappa shape index (κ3) is 24.5. The van der Waals surface area contributed by atoms with Crippen LogP contribution in [0.5, 0.6) is 0 Å². The number of aryl methyl sites for hydroxylation is 2. The first-order valence-corrected chi connectivity index (χ1v) is 34.3. The van der Waals surface area contributed by atoms with Crippen LogP contribution in [0.4, 0.5) is 4.79 Å². The molecular weight excluding hydrogens is 1200 g/mol. The Morgan fingerprint density at radius 3 is 2.03 bits per heavy atom. The van der Waals surface area contributed by atoms with Crippen LogP contribution in [0, 0.1) is 39.5 Å². The van der Waals surface area contributed by atoms with Gasteiger partial charge in [-0.05, 0) is 125 Å². The normalized spacial score (nSPS) is 18.2. The number of carboxylic acid groups (broad SMARTS) is 1. The minimum Gasteiger partial charge on any atom is -0.481 e. The number of nitrogens with one attached hydrogen (secondary N) is 5. The standard InChI is InChI=1S/C64H93N7O17S2/c1-42-34-43(2)61(45(4)44(42)3)90(82,83)70-53(55(74)37-49(62(78)71-25-12-5-13-26-71)35-46-19-21-47(22-20-46)52-39-59(77)88-69-52)38-50(72)15-6-8-17-58(76)66-24-27-84-28-29-85-30-31-86-32-33-87-40-51(73)36-48(63(79)80)14-10-11-23-65-57(75)18-9-7-16-56-60-54(41-89-56)67-64(81)68-60/h19-22,34,48-49,53-54,56,60,70H,5-18,23-33,35-41H2,1-4H3,(H,65,75)(H,66,76)(H,79,80)(H2,67,68,81)/t48-,49+,53+,54+,56+,60+/m1/s1. The van der Waals surface area contributed by atoms with Crippen molar-refractivity contribution in [3.05, 3.63) is 63.7 Å². The summed E-state index contributed by atoms with van der Waals surface area (Å²) in [7, 11) is -4.35. The Hall–Kier alpha value is -6.16. The van der Waals surface area contributed by atoms with Gasteiger partial charge in [-0.1, -0.05) is 48.3 Å². The second-order valence-corrected chi connectivity index (χ2v) is 26.7. The summed E-state index contributed by atoms with van der Waals surface area (Å²) in [5.41, 5.74) is 4.61. The fraction of sp³-hybridized carbons (Fsp3) is 0.656. The highest BCUT2D eigenvalue weighted by molar-refractivity contribution is 8.00. The van der Waals surface area contributed by atoms with Gasteiger partial charge in [0.1, 0.15) is 12.4 Å². The molecule has 0 radical (unpaired) electrons. The maximum Gasteiger partial charge on any atom is 0.341 e. The van der Waals surface area contributed by atoms with Crippen molar-refractivity contribution >= 4 is 80.5 Å². The topological polar surface area (TPSA) is 330 Å². The fourth-order valence-corrected chi connectivity index (χ4v) is 14.9. The summed E-state index contributed by atoms with van der Waals surface area (Å²) in [6.07, 6.45) is 7.14. The Kier molecular flexibility index (Phi) is 30.8. The van der Waals surface area contributed by atoms with Gasteiger partial charge in [0.25, 0.3) is 0 Å². The molecule has 3 fully saturated rings. The van der Waals surface area contributed by atoms with E-state index in [-0.39, 0.29) is 150 Å². The molecule has 0 unspecified atom stereocenters. The quantitative estimate of drug-likeness (QED) is 0.0274. The number of carboxylic acids is 1. The Morgan fingerprint density at radius 1 is 0.722 bits per heavy atom. The van der Waals surface area contributed by atoms with E-state index in [2.05, 4.69) is 31.1 Å². The van der Waals surface area contributed by atoms with Crippen LogP contribution in [0.2, 0.25) is 0 Å². The van der Waals surface area contributed by atoms with Crippen molar-refractivity contribution in [2.75, 3.05) is 84.8 Å². The molecule has 3 saturated heterocycles. The number of carbonyl (C=O) groups excluding carboxylic acids is 8. The summed E-state index contributed by atoms with van der Waals surface area (Å²) in [5, 5.41) is 25.5. The Balaban J connectivity index is 0.805. The number of oxime groups is 1. The third-order valence-corrected chi connectivity index (χ3v) is 20.0. The van der Waals surface area contributed by atoms with E-state index >= 15 is 0 Å². The van der Waals surface area contributed by atoms with Gasteiger partial charge >= 0.3 is 18.0 Å². The highest BCUT2D eigenvalue weighted by Crippen LogP contribution is 2.33. The Bertz CT molecular complexity index is 2920. The molecule has 5 amide bonds. The summed E-state index contributed by atoms with van der Waals surface area (Å²) in [6, 6.07) is 7.67. The van der Waals surface area contributed by atoms with Crippen molar-refractivity contribution in [1.29, 1.82) is 0 Å². The number of nitrogens with zero attached hydrogens (tertiary/aromatic N) is 2. The van der Waals surface area contributed by atoms with Crippen molar-refractivity contribution in [2.24, 2.45) is 17.0 Å². The minimum absolute atomic E-state index is 0.00938. The number of fused-ring (bicyclic) bond motifs is 1. The maximum absolute atomic E-state index is 14.5. The van der Waals surface area contributed by atoms with Gasteiger partial charge in [0.05, 0.1) is 87.3 Å². The number of likely N-dealkylation sites (tertiary alicyclic amines) is 1. The van der Waals surface area contributed by atoms with Crippen LogP contribution in [0.3, 0.4) is 0 Å². The van der Waals surface area contributed by atoms with Gasteiger partial charge in [0, 0.05) is 81.6 Å². The number of Topliss-reactive ketones (excluding diaryl/α,β-unsaturated/α-hetero) is 3. The van der Waals surface area contributed by atoms with E-state index in [0.29, 0.717) is 85.8 Å². The summed E-state index contributed by atoms with van der Waals surface area (Å²) in [6.45, 7) is 10.3. The zero-order chi connectivity index (χ0) is 65.0. The van der Waals surface area contributed by atoms with E-state index in [0.717, 1.165) is 61.0 Å². The predicted octanol–water partition coefficient (Wildman–Crippen LogP) is 5.42. The summed E-state index contributed by atoms with van der Waals surface area (Å²) < 4.78 is 53.1. The van der Waals surface area contributed by atoms with Gasteiger partial charge < -0.3 is 55.1 Å². The Labute approximate surface area is 533 Å². The van der Waals surface area contributed by atoms with Crippen LogP contribution in [0.25, 0.3) is 0 Å². The number of piperidine rings is 1. The number of rotatable bonds is 44. The number of urea groups is 1. The number of ether oxygens (including phenoxy) is 4. The number of hydrogen-bond acceptors (Lipinski definition) is 18. The average molecular weight is 1300 g/mol. The van der Waals surface area contributed by atoms with Crippen LogP contribution >= 0.6 is 11.8 Å². The SMILES string of the molecule is Cc1cc(C)c(S(=O)(=O)N[C@@H](CC(=O)CCCCC(=O)NCCOCCOCCOCCOCC(=O)C[C@@H](CCCCNC(=O)CCCC[C@@H]2SC[C@@H]3NC(=O)N[C@@H]32)C(=O)O)C(=O)C[C@H](Cc2ccc(C3=NOC(=O)C3)cc2)C(=O)N2CCCCC2)c(C)c1C. The summed E-state index contributed by atoms with van der Waals surface area (Å²) in [5.74, 6) is -4.09. The number of benzene rings is 2. The molecule has 2 aromatic rings. The predicted molar refractivity (Wildman–Crippen MR) is 336 cm³/mol. The molecule has 24 nitrogen and oxygen atoms in total.